The molecule has 8 heteroatoms. The third-order valence-corrected chi connectivity index (χ3v) is 3.64. The first-order chi connectivity index (χ1) is 8.98. The van der Waals surface area contributed by atoms with Crippen LogP contribution in [0.3, 0.4) is 0 Å². The second-order valence-electron chi connectivity index (χ2n) is 4.94. The third kappa shape index (κ3) is 3.86. The molecule has 0 aromatic heterocycles. The zero-order valence-corrected chi connectivity index (χ0v) is 11.9. The van der Waals surface area contributed by atoms with E-state index in [9.17, 15) is 22.0 Å². The number of hydrogen-bond acceptors (Lipinski definition) is 4. The molecule has 1 aliphatic rings. The summed E-state index contributed by atoms with van der Waals surface area (Å²) >= 11 is 0. The van der Waals surface area contributed by atoms with E-state index >= 15 is 0 Å². The normalized spacial score (nSPS) is 27.8. The second-order valence-corrected chi connectivity index (χ2v) is 6.40. The number of ether oxygens (including phenoxy) is 1. The van der Waals surface area contributed by atoms with Gasteiger partial charge in [-0.05, 0) is 31.8 Å². The van der Waals surface area contributed by atoms with E-state index in [1.807, 2.05) is 19.1 Å². The molecule has 114 valence electrons. The highest BCUT2D eigenvalue weighted by Gasteiger charge is 2.55. The van der Waals surface area contributed by atoms with Crippen molar-refractivity contribution in [2.24, 2.45) is 5.92 Å². The first-order valence-electron chi connectivity index (χ1n) is 5.90. The molecule has 0 spiro atoms. The average Bonchev–Trinajstić information content (AvgIpc) is 2.24. The van der Waals surface area contributed by atoms with Crippen molar-refractivity contribution in [2.75, 3.05) is 0 Å². The molecule has 0 heterocycles. The predicted octanol–water partition coefficient (Wildman–Crippen LogP) is 2.31. The summed E-state index contributed by atoms with van der Waals surface area (Å²) in [6, 6.07) is 0. The van der Waals surface area contributed by atoms with Crippen LogP contribution < -0.4 is 0 Å². The topological polar surface area (TPSA) is 80.7 Å². The predicted molar refractivity (Wildman–Crippen MR) is 67.7 cm³/mol. The fraction of sp³-hybridized carbons (Fsp3) is 0.583. The molecule has 2 unspecified atom stereocenters. The van der Waals surface area contributed by atoms with Crippen molar-refractivity contribution in [2.45, 2.75) is 37.5 Å². The summed E-state index contributed by atoms with van der Waals surface area (Å²) in [5, 5.41) is -4.98. The molecular weight excluding hydrogens is 294 g/mol. The SMILES string of the molecule is CC1C=CCC=CC(C)(OC(=O)C(F)(F)S(=O)(=O)O)C1. The first-order valence-corrected chi connectivity index (χ1v) is 7.34. The van der Waals surface area contributed by atoms with Gasteiger partial charge in [0.15, 0.2) is 0 Å². The summed E-state index contributed by atoms with van der Waals surface area (Å²) < 4.78 is 60.4. The van der Waals surface area contributed by atoms with Crippen molar-refractivity contribution in [3.05, 3.63) is 24.3 Å². The van der Waals surface area contributed by atoms with Gasteiger partial charge in [0.2, 0.25) is 0 Å². The summed E-state index contributed by atoms with van der Waals surface area (Å²) in [7, 11) is -5.85. The highest BCUT2D eigenvalue weighted by Crippen LogP contribution is 2.30. The molecule has 0 amide bonds. The molecule has 0 aromatic carbocycles. The summed E-state index contributed by atoms with van der Waals surface area (Å²) in [4.78, 5) is 11.3. The third-order valence-electron chi connectivity index (χ3n) is 2.82. The van der Waals surface area contributed by atoms with Crippen molar-refractivity contribution in [1.29, 1.82) is 0 Å². The van der Waals surface area contributed by atoms with Gasteiger partial charge < -0.3 is 4.74 Å². The van der Waals surface area contributed by atoms with Gasteiger partial charge in [-0.25, -0.2) is 4.79 Å². The monoisotopic (exact) mass is 310 g/mol. The fourth-order valence-corrected chi connectivity index (χ4v) is 2.19. The minimum absolute atomic E-state index is 0.0443. The molecule has 2 atom stereocenters. The Kier molecular flexibility index (Phi) is 4.70. The standard InChI is InChI=1S/C12H16F2O5S/c1-9-6-4-3-5-7-11(2,8-9)19-10(15)12(13,14)20(16,17)18/h4-7,9H,3,8H2,1-2H3,(H,16,17,18). The molecule has 0 saturated carbocycles. The van der Waals surface area contributed by atoms with Gasteiger partial charge in [0.25, 0.3) is 0 Å². The summed E-state index contributed by atoms with van der Waals surface area (Å²) in [6.45, 7) is 3.21. The van der Waals surface area contributed by atoms with Crippen LogP contribution in [0.25, 0.3) is 0 Å². The zero-order chi connectivity index (χ0) is 15.6. The lowest BCUT2D eigenvalue weighted by molar-refractivity contribution is -0.173. The van der Waals surface area contributed by atoms with Crippen LogP contribution in [0.5, 0.6) is 0 Å². The van der Waals surface area contributed by atoms with Crippen LogP contribution in [0.2, 0.25) is 0 Å². The van der Waals surface area contributed by atoms with Crippen LogP contribution in [0.4, 0.5) is 8.78 Å². The molecule has 0 saturated heterocycles. The van der Waals surface area contributed by atoms with E-state index in [4.69, 9.17) is 4.55 Å². The van der Waals surface area contributed by atoms with Gasteiger partial charge in [0.1, 0.15) is 5.60 Å². The largest absolute Gasteiger partial charge is 0.465 e. The van der Waals surface area contributed by atoms with Gasteiger partial charge in [0.05, 0.1) is 0 Å². The number of carbonyl (C=O) groups excluding carboxylic acids is 1. The number of allylic oxidation sites excluding steroid dienone is 3. The minimum atomic E-state index is -5.85. The summed E-state index contributed by atoms with van der Waals surface area (Å²) in [6.07, 6.45) is 7.55. The summed E-state index contributed by atoms with van der Waals surface area (Å²) in [5.41, 5.74) is -1.37. The molecular formula is C12H16F2O5S. The lowest BCUT2D eigenvalue weighted by Crippen LogP contribution is -2.44. The molecule has 1 aliphatic carbocycles. The van der Waals surface area contributed by atoms with Crippen LogP contribution in [-0.4, -0.2) is 29.8 Å². The molecule has 0 aliphatic heterocycles. The van der Waals surface area contributed by atoms with Crippen LogP contribution in [0.15, 0.2) is 24.3 Å². The van der Waals surface area contributed by atoms with Gasteiger partial charge in [0, 0.05) is 0 Å². The average molecular weight is 310 g/mol. The van der Waals surface area contributed by atoms with Gasteiger partial charge in [-0.15, -0.1) is 0 Å². The van der Waals surface area contributed by atoms with Crippen molar-refractivity contribution in [3.8, 4) is 0 Å². The molecule has 5 nitrogen and oxygen atoms in total. The Labute approximate surface area is 116 Å². The molecule has 20 heavy (non-hydrogen) atoms. The van der Waals surface area contributed by atoms with Crippen molar-refractivity contribution in [3.63, 3.8) is 0 Å². The number of halogens is 2. The molecule has 0 bridgehead atoms. The van der Waals surface area contributed by atoms with E-state index in [0.717, 1.165) is 0 Å². The number of esters is 1. The second kappa shape index (κ2) is 5.61. The quantitative estimate of drug-likeness (QED) is 0.491. The fourth-order valence-electron chi connectivity index (χ4n) is 1.93. The number of carbonyl (C=O) groups is 1. The van der Waals surface area contributed by atoms with Gasteiger partial charge >= 0.3 is 21.3 Å². The van der Waals surface area contributed by atoms with E-state index in [-0.39, 0.29) is 12.3 Å². The van der Waals surface area contributed by atoms with E-state index in [0.29, 0.717) is 6.42 Å². The molecule has 0 radical (unpaired) electrons. The molecule has 0 aromatic rings. The maximum absolute atomic E-state index is 13.2. The molecule has 1 rings (SSSR count). The highest BCUT2D eigenvalue weighted by molar-refractivity contribution is 7.87. The number of hydrogen-bond donors (Lipinski definition) is 1. The molecule has 1 N–H and O–H groups in total. The number of rotatable bonds is 3. The van der Waals surface area contributed by atoms with Crippen molar-refractivity contribution >= 4 is 16.1 Å². The maximum Gasteiger partial charge on any atom is 0.465 e. The Hall–Kier alpha value is -1.28. The van der Waals surface area contributed by atoms with Crippen LogP contribution in [0.1, 0.15) is 26.7 Å². The number of alkyl halides is 2. The van der Waals surface area contributed by atoms with E-state index < -0.39 is 26.9 Å². The summed E-state index contributed by atoms with van der Waals surface area (Å²) in [5.74, 6) is -2.33. The maximum atomic E-state index is 13.2. The Morgan fingerprint density at radius 3 is 2.60 bits per heavy atom. The first kappa shape index (κ1) is 16.8. The van der Waals surface area contributed by atoms with E-state index in [1.165, 1.54) is 13.0 Å². The van der Waals surface area contributed by atoms with Crippen LogP contribution in [0, 0.1) is 5.92 Å². The van der Waals surface area contributed by atoms with Crippen LogP contribution in [-0.2, 0) is 19.6 Å². The van der Waals surface area contributed by atoms with Gasteiger partial charge in [-0.3, -0.25) is 4.55 Å². The van der Waals surface area contributed by atoms with Crippen LogP contribution >= 0.6 is 0 Å². The Morgan fingerprint density at radius 2 is 2.05 bits per heavy atom. The Balaban J connectivity index is 2.96. The van der Waals surface area contributed by atoms with E-state index in [2.05, 4.69) is 4.74 Å². The lowest BCUT2D eigenvalue weighted by Gasteiger charge is -2.30. The smallest absolute Gasteiger partial charge is 0.450 e. The highest BCUT2D eigenvalue weighted by atomic mass is 32.2. The Morgan fingerprint density at radius 1 is 1.45 bits per heavy atom. The van der Waals surface area contributed by atoms with E-state index in [1.54, 1.807) is 6.08 Å². The lowest BCUT2D eigenvalue weighted by atomic mass is 9.90. The zero-order valence-electron chi connectivity index (χ0n) is 11.0. The molecule has 0 fully saturated rings. The Bertz CT molecular complexity index is 538. The van der Waals surface area contributed by atoms with Crippen molar-refractivity contribution in [1.82, 2.24) is 0 Å². The van der Waals surface area contributed by atoms with Gasteiger partial charge in [-0.2, -0.15) is 17.2 Å². The van der Waals surface area contributed by atoms with Gasteiger partial charge in [-0.1, -0.05) is 25.2 Å². The minimum Gasteiger partial charge on any atom is -0.450 e. The van der Waals surface area contributed by atoms with Crippen molar-refractivity contribution < 1.29 is 31.3 Å².